The van der Waals surface area contributed by atoms with Crippen LogP contribution < -0.4 is 4.74 Å². The fourth-order valence-electron chi connectivity index (χ4n) is 0.974. The van der Waals surface area contributed by atoms with Gasteiger partial charge in [-0.25, -0.2) is 4.79 Å². The van der Waals surface area contributed by atoms with Crippen LogP contribution in [0.5, 0.6) is 5.75 Å². The van der Waals surface area contributed by atoms with E-state index < -0.39 is 23.9 Å². The predicted octanol–water partition coefficient (Wildman–Crippen LogP) is 2.98. The van der Waals surface area contributed by atoms with Crippen molar-refractivity contribution in [3.8, 4) is 5.75 Å². The molecule has 0 saturated heterocycles. The van der Waals surface area contributed by atoms with Crippen LogP contribution in [0.3, 0.4) is 0 Å². The molecule has 0 saturated carbocycles. The summed E-state index contributed by atoms with van der Waals surface area (Å²) in [6.07, 6.45) is -4.12. The molecule has 0 amide bonds. The Morgan fingerprint density at radius 3 is 2.18 bits per heavy atom. The fraction of sp³-hybridized carbons (Fsp3) is 0.100. The highest BCUT2D eigenvalue weighted by atomic mass is 19.4. The van der Waals surface area contributed by atoms with Crippen LogP contribution in [-0.2, 0) is 4.79 Å². The molecular formula is C10H6F4O3. The quantitative estimate of drug-likeness (QED) is 0.662. The minimum Gasteiger partial charge on any atom is -0.476 e. The Balaban J connectivity index is 2.82. The largest absolute Gasteiger partial charge is 0.573 e. The highest BCUT2D eigenvalue weighted by Crippen LogP contribution is 2.23. The van der Waals surface area contributed by atoms with E-state index in [1.54, 1.807) is 0 Å². The summed E-state index contributed by atoms with van der Waals surface area (Å²) in [5, 5.41) is 8.23. The van der Waals surface area contributed by atoms with Crippen LogP contribution in [-0.4, -0.2) is 17.4 Å². The van der Waals surface area contributed by atoms with Crippen molar-refractivity contribution in [2.45, 2.75) is 6.36 Å². The molecule has 0 heterocycles. The van der Waals surface area contributed by atoms with E-state index in [0.717, 1.165) is 24.3 Å². The van der Waals surface area contributed by atoms with E-state index in [4.69, 9.17) is 5.11 Å². The molecular weight excluding hydrogens is 244 g/mol. The third-order valence-electron chi connectivity index (χ3n) is 1.61. The number of ether oxygens (including phenoxy) is 1. The molecule has 1 aromatic rings. The summed E-state index contributed by atoms with van der Waals surface area (Å²) in [7, 11) is 0. The summed E-state index contributed by atoms with van der Waals surface area (Å²) in [4.78, 5) is 10.1. The molecule has 0 bridgehead atoms. The van der Waals surface area contributed by atoms with Crippen molar-refractivity contribution in [2.75, 3.05) is 0 Å². The Labute approximate surface area is 92.9 Å². The Hall–Kier alpha value is -2.05. The van der Waals surface area contributed by atoms with Crippen molar-refractivity contribution in [3.63, 3.8) is 0 Å². The van der Waals surface area contributed by atoms with Crippen molar-refractivity contribution in [1.29, 1.82) is 0 Å². The molecule has 1 rings (SSSR count). The maximum atomic E-state index is 12.6. The fourth-order valence-corrected chi connectivity index (χ4v) is 0.974. The van der Waals surface area contributed by atoms with Gasteiger partial charge in [0.05, 0.1) is 0 Å². The SMILES string of the molecule is O=C(O)C(F)=Cc1ccc(OC(F)(F)F)cc1. The molecule has 3 nitrogen and oxygen atoms in total. The third kappa shape index (κ3) is 4.54. The number of carboxylic acids is 1. The summed E-state index contributed by atoms with van der Waals surface area (Å²) in [5.41, 5.74) is 0.111. The number of halogens is 4. The molecule has 1 N–H and O–H groups in total. The lowest BCUT2D eigenvalue weighted by atomic mass is 10.2. The summed E-state index contributed by atoms with van der Waals surface area (Å²) in [5.74, 6) is -3.62. The Kier molecular flexibility index (Phi) is 3.72. The lowest BCUT2D eigenvalue weighted by molar-refractivity contribution is -0.274. The summed E-state index contributed by atoms with van der Waals surface area (Å²) < 4.78 is 51.6. The summed E-state index contributed by atoms with van der Waals surface area (Å²) in [6, 6.07) is 4.11. The first kappa shape index (κ1) is 13.0. The van der Waals surface area contributed by atoms with Gasteiger partial charge in [0.1, 0.15) is 5.75 Å². The zero-order chi connectivity index (χ0) is 13.1. The average Bonchev–Trinajstić information content (AvgIpc) is 2.18. The zero-order valence-corrected chi connectivity index (χ0v) is 8.16. The van der Waals surface area contributed by atoms with Crippen molar-refractivity contribution in [2.24, 2.45) is 0 Å². The van der Waals surface area contributed by atoms with Crippen LogP contribution in [0.2, 0.25) is 0 Å². The number of carbonyl (C=O) groups is 1. The Morgan fingerprint density at radius 1 is 1.24 bits per heavy atom. The molecule has 17 heavy (non-hydrogen) atoms. The van der Waals surface area contributed by atoms with Crippen LogP contribution >= 0.6 is 0 Å². The van der Waals surface area contributed by atoms with Gasteiger partial charge < -0.3 is 9.84 Å². The molecule has 0 aromatic heterocycles. The molecule has 0 radical (unpaired) electrons. The Morgan fingerprint density at radius 2 is 1.76 bits per heavy atom. The van der Waals surface area contributed by atoms with Crippen molar-refractivity contribution in [3.05, 3.63) is 35.7 Å². The van der Waals surface area contributed by atoms with E-state index in [1.165, 1.54) is 0 Å². The minimum absolute atomic E-state index is 0.111. The van der Waals surface area contributed by atoms with Crippen LogP contribution in [0, 0.1) is 0 Å². The highest BCUT2D eigenvalue weighted by molar-refractivity contribution is 5.89. The second-order valence-corrected chi connectivity index (χ2v) is 2.91. The monoisotopic (exact) mass is 250 g/mol. The topological polar surface area (TPSA) is 46.5 Å². The maximum Gasteiger partial charge on any atom is 0.573 e. The number of alkyl halides is 3. The number of rotatable bonds is 3. The highest BCUT2D eigenvalue weighted by Gasteiger charge is 2.30. The predicted molar refractivity (Wildman–Crippen MR) is 49.8 cm³/mol. The zero-order valence-electron chi connectivity index (χ0n) is 8.16. The van der Waals surface area contributed by atoms with Crippen LogP contribution in [0.25, 0.3) is 6.08 Å². The van der Waals surface area contributed by atoms with Gasteiger partial charge in [0.25, 0.3) is 0 Å². The smallest absolute Gasteiger partial charge is 0.476 e. The summed E-state index contributed by atoms with van der Waals surface area (Å²) in [6.45, 7) is 0. The molecule has 0 aliphatic carbocycles. The summed E-state index contributed by atoms with van der Waals surface area (Å²) >= 11 is 0. The molecule has 7 heteroatoms. The number of hydrogen-bond acceptors (Lipinski definition) is 2. The van der Waals surface area contributed by atoms with Gasteiger partial charge in [-0.15, -0.1) is 13.2 Å². The third-order valence-corrected chi connectivity index (χ3v) is 1.61. The van der Waals surface area contributed by atoms with Gasteiger partial charge in [-0.1, -0.05) is 12.1 Å². The lowest BCUT2D eigenvalue weighted by Crippen LogP contribution is -2.16. The molecule has 0 unspecified atom stereocenters. The van der Waals surface area contributed by atoms with E-state index in [1.807, 2.05) is 0 Å². The first-order chi connectivity index (χ1) is 7.78. The lowest BCUT2D eigenvalue weighted by Gasteiger charge is -2.08. The second-order valence-electron chi connectivity index (χ2n) is 2.91. The molecule has 0 fully saturated rings. The van der Waals surface area contributed by atoms with Gasteiger partial charge >= 0.3 is 12.3 Å². The number of hydrogen-bond donors (Lipinski definition) is 1. The van der Waals surface area contributed by atoms with Gasteiger partial charge in [-0.3, -0.25) is 0 Å². The van der Waals surface area contributed by atoms with Crippen LogP contribution in [0.15, 0.2) is 30.1 Å². The van der Waals surface area contributed by atoms with E-state index in [9.17, 15) is 22.4 Å². The van der Waals surface area contributed by atoms with E-state index in [2.05, 4.69) is 4.74 Å². The number of aliphatic carboxylic acids is 1. The average molecular weight is 250 g/mol. The van der Waals surface area contributed by atoms with Crippen molar-refractivity contribution >= 4 is 12.0 Å². The van der Waals surface area contributed by atoms with Gasteiger partial charge in [0.2, 0.25) is 5.83 Å². The van der Waals surface area contributed by atoms with Gasteiger partial charge in [0.15, 0.2) is 0 Å². The number of carboxylic acid groups (broad SMARTS) is 1. The van der Waals surface area contributed by atoms with E-state index >= 15 is 0 Å². The van der Waals surface area contributed by atoms with E-state index in [0.29, 0.717) is 6.08 Å². The van der Waals surface area contributed by atoms with Crippen molar-refractivity contribution in [1.82, 2.24) is 0 Å². The van der Waals surface area contributed by atoms with Gasteiger partial charge in [-0.05, 0) is 23.8 Å². The van der Waals surface area contributed by atoms with Crippen molar-refractivity contribution < 1.29 is 32.2 Å². The molecule has 0 aliphatic heterocycles. The minimum atomic E-state index is -4.80. The molecule has 0 spiro atoms. The van der Waals surface area contributed by atoms with Gasteiger partial charge in [0, 0.05) is 0 Å². The number of benzene rings is 1. The second kappa shape index (κ2) is 4.86. The Bertz CT molecular complexity index is 434. The molecule has 0 atom stereocenters. The standard InChI is InChI=1S/C10H6F4O3/c11-8(9(15)16)5-6-1-3-7(4-2-6)17-10(12,13)14/h1-5H,(H,15,16). The normalized spacial score (nSPS) is 12.4. The first-order valence-electron chi connectivity index (χ1n) is 4.24. The first-order valence-corrected chi connectivity index (χ1v) is 4.24. The van der Waals surface area contributed by atoms with Gasteiger partial charge in [-0.2, -0.15) is 4.39 Å². The molecule has 1 aromatic carbocycles. The molecule has 0 aliphatic rings. The van der Waals surface area contributed by atoms with E-state index in [-0.39, 0.29) is 5.56 Å². The maximum absolute atomic E-state index is 12.6. The molecule has 92 valence electrons. The van der Waals surface area contributed by atoms with Crippen LogP contribution in [0.1, 0.15) is 5.56 Å². The van der Waals surface area contributed by atoms with Crippen LogP contribution in [0.4, 0.5) is 17.6 Å².